The summed E-state index contributed by atoms with van der Waals surface area (Å²) in [5, 5.41) is 6.58. The maximum Gasteiger partial charge on any atom is 0.323 e. The van der Waals surface area contributed by atoms with Crippen molar-refractivity contribution in [2.75, 3.05) is 17.7 Å². The molecule has 3 aromatic carbocycles. The van der Waals surface area contributed by atoms with Crippen molar-refractivity contribution in [1.29, 1.82) is 0 Å². The highest BCUT2D eigenvalue weighted by molar-refractivity contribution is 6.31. The summed E-state index contributed by atoms with van der Waals surface area (Å²) < 4.78 is 6.82. The van der Waals surface area contributed by atoms with Gasteiger partial charge in [-0.25, -0.2) is 9.78 Å². The smallest absolute Gasteiger partial charge is 0.323 e. The Morgan fingerprint density at radius 3 is 2.50 bits per heavy atom. The molecule has 0 saturated heterocycles. The van der Waals surface area contributed by atoms with Crippen LogP contribution in [0.25, 0.3) is 16.6 Å². The molecule has 2 amide bonds. The van der Waals surface area contributed by atoms with E-state index in [-0.39, 0.29) is 5.56 Å². The number of methoxy groups -OCH3 is 1. The third-order valence-corrected chi connectivity index (χ3v) is 5.30. The van der Waals surface area contributed by atoms with Crippen LogP contribution in [0.3, 0.4) is 0 Å². The van der Waals surface area contributed by atoms with Crippen molar-refractivity contribution in [3.63, 3.8) is 0 Å². The Hall–Kier alpha value is -3.84. The molecule has 32 heavy (non-hydrogen) atoms. The van der Waals surface area contributed by atoms with Crippen LogP contribution in [-0.2, 0) is 0 Å². The molecule has 0 aliphatic heterocycles. The second-order valence-electron chi connectivity index (χ2n) is 7.24. The highest BCUT2D eigenvalue weighted by atomic mass is 35.5. The number of anilines is 2. The van der Waals surface area contributed by atoms with Gasteiger partial charge in [0, 0.05) is 10.7 Å². The van der Waals surface area contributed by atoms with Crippen molar-refractivity contribution in [2.24, 2.45) is 0 Å². The van der Waals surface area contributed by atoms with Gasteiger partial charge in [-0.3, -0.25) is 9.36 Å². The number of nitrogens with one attached hydrogen (secondary N) is 2. The lowest BCUT2D eigenvalue weighted by Gasteiger charge is -2.15. The minimum absolute atomic E-state index is 0.140. The Bertz CT molecular complexity index is 1400. The van der Waals surface area contributed by atoms with Crippen LogP contribution in [0.15, 0.2) is 65.5 Å². The van der Waals surface area contributed by atoms with Crippen molar-refractivity contribution in [2.45, 2.75) is 13.8 Å². The molecule has 0 aliphatic carbocycles. The average Bonchev–Trinajstić information content (AvgIpc) is 2.76. The summed E-state index contributed by atoms with van der Waals surface area (Å²) in [7, 11) is 1.51. The van der Waals surface area contributed by atoms with Crippen molar-refractivity contribution in [1.82, 2.24) is 9.55 Å². The monoisotopic (exact) mass is 448 g/mol. The fourth-order valence-corrected chi connectivity index (χ4v) is 3.70. The van der Waals surface area contributed by atoms with E-state index < -0.39 is 6.03 Å². The normalized spacial score (nSPS) is 10.8. The third kappa shape index (κ3) is 4.15. The van der Waals surface area contributed by atoms with Gasteiger partial charge in [-0.1, -0.05) is 23.7 Å². The Balaban J connectivity index is 1.61. The van der Waals surface area contributed by atoms with Gasteiger partial charge in [-0.05, 0) is 67.9 Å². The number of para-hydroxylation sites is 1. The highest BCUT2D eigenvalue weighted by Gasteiger charge is 2.13. The van der Waals surface area contributed by atoms with Gasteiger partial charge in [0.2, 0.25) is 0 Å². The number of fused-ring (bicyclic) bond motifs is 1. The van der Waals surface area contributed by atoms with Crippen LogP contribution in [0.5, 0.6) is 5.75 Å². The zero-order chi connectivity index (χ0) is 22.8. The predicted molar refractivity (Wildman–Crippen MR) is 127 cm³/mol. The number of aromatic nitrogens is 2. The zero-order valence-electron chi connectivity index (χ0n) is 17.8. The minimum Gasteiger partial charge on any atom is -0.495 e. The number of carbonyl (C=O) groups excluding carboxylic acids is 1. The van der Waals surface area contributed by atoms with Crippen LogP contribution in [0.4, 0.5) is 16.2 Å². The molecule has 1 aromatic heterocycles. The quantitative estimate of drug-likeness (QED) is 0.443. The van der Waals surface area contributed by atoms with Gasteiger partial charge in [-0.2, -0.15) is 0 Å². The number of amides is 2. The molecule has 0 unspecified atom stereocenters. The van der Waals surface area contributed by atoms with Gasteiger partial charge in [-0.15, -0.1) is 0 Å². The standard InChI is InChI=1S/C24H21ClN4O3/c1-14-12-17(29-15(2)26-20-7-5-4-6-18(20)23(29)30)9-10-19(14)27-24(31)28-21-13-16(25)8-11-22(21)32-3/h4-13H,1-3H3,(H2,27,28,31). The lowest BCUT2D eigenvalue weighted by atomic mass is 10.1. The molecule has 1 heterocycles. The maximum absolute atomic E-state index is 13.0. The number of ether oxygens (including phenoxy) is 1. The second kappa shape index (κ2) is 8.72. The summed E-state index contributed by atoms with van der Waals surface area (Å²) in [5.74, 6) is 1.08. The van der Waals surface area contributed by atoms with E-state index in [1.165, 1.54) is 7.11 Å². The van der Waals surface area contributed by atoms with Crippen molar-refractivity contribution in [3.05, 3.63) is 87.4 Å². The van der Waals surface area contributed by atoms with Crippen LogP contribution in [0.2, 0.25) is 5.02 Å². The van der Waals surface area contributed by atoms with Crippen molar-refractivity contribution >= 4 is 39.9 Å². The number of hydrogen-bond acceptors (Lipinski definition) is 4. The van der Waals surface area contributed by atoms with E-state index in [9.17, 15) is 9.59 Å². The first kappa shape index (κ1) is 21.4. The molecule has 0 aliphatic rings. The molecule has 0 radical (unpaired) electrons. The summed E-state index contributed by atoms with van der Waals surface area (Å²) in [6.45, 7) is 3.65. The number of hydrogen-bond donors (Lipinski definition) is 2. The lowest BCUT2D eigenvalue weighted by molar-refractivity contribution is 0.262. The molecule has 0 saturated carbocycles. The number of carbonyl (C=O) groups is 1. The molecule has 4 rings (SSSR count). The number of halogens is 1. The summed E-state index contributed by atoms with van der Waals surface area (Å²) in [4.78, 5) is 30.1. The van der Waals surface area contributed by atoms with Crippen LogP contribution in [-0.4, -0.2) is 22.7 Å². The van der Waals surface area contributed by atoms with E-state index >= 15 is 0 Å². The average molecular weight is 449 g/mol. The number of aryl methyl sites for hydroxylation is 2. The van der Waals surface area contributed by atoms with Crippen LogP contribution in [0, 0.1) is 13.8 Å². The molecule has 7 nitrogen and oxygen atoms in total. The number of benzene rings is 3. The van der Waals surface area contributed by atoms with E-state index in [0.29, 0.717) is 44.6 Å². The molecule has 4 aromatic rings. The number of nitrogens with zero attached hydrogens (tertiary/aromatic N) is 2. The van der Waals surface area contributed by atoms with Crippen LogP contribution in [0.1, 0.15) is 11.4 Å². The molecule has 8 heteroatoms. The molecule has 0 spiro atoms. The first-order chi connectivity index (χ1) is 15.4. The van der Waals surface area contributed by atoms with Crippen molar-refractivity contribution < 1.29 is 9.53 Å². The van der Waals surface area contributed by atoms with E-state index in [1.54, 1.807) is 47.9 Å². The summed E-state index contributed by atoms with van der Waals surface area (Å²) in [6.07, 6.45) is 0. The number of urea groups is 1. The molecular weight excluding hydrogens is 428 g/mol. The molecule has 0 atom stereocenters. The van der Waals surface area contributed by atoms with Gasteiger partial charge in [0.25, 0.3) is 5.56 Å². The Morgan fingerprint density at radius 2 is 1.75 bits per heavy atom. The minimum atomic E-state index is -0.442. The fraction of sp³-hybridized carbons (Fsp3) is 0.125. The Kier molecular flexibility index (Phi) is 5.83. The summed E-state index contributed by atoms with van der Waals surface area (Å²) >= 11 is 6.02. The van der Waals surface area contributed by atoms with E-state index in [2.05, 4.69) is 15.6 Å². The van der Waals surface area contributed by atoms with Gasteiger partial charge < -0.3 is 15.4 Å². The Morgan fingerprint density at radius 1 is 1.00 bits per heavy atom. The van der Waals surface area contributed by atoms with Gasteiger partial charge in [0.05, 0.1) is 29.4 Å². The van der Waals surface area contributed by atoms with E-state index in [4.69, 9.17) is 16.3 Å². The summed E-state index contributed by atoms with van der Waals surface area (Å²) in [6, 6.07) is 17.1. The van der Waals surface area contributed by atoms with Gasteiger partial charge >= 0.3 is 6.03 Å². The molecular formula is C24H21ClN4O3. The van der Waals surface area contributed by atoms with Crippen LogP contribution < -0.4 is 20.9 Å². The topological polar surface area (TPSA) is 85.2 Å². The second-order valence-corrected chi connectivity index (χ2v) is 7.68. The Labute approximate surface area is 189 Å². The van der Waals surface area contributed by atoms with E-state index in [1.807, 2.05) is 31.2 Å². The van der Waals surface area contributed by atoms with E-state index in [0.717, 1.165) is 5.56 Å². The van der Waals surface area contributed by atoms with Gasteiger partial charge in [0.15, 0.2) is 0 Å². The molecule has 0 bridgehead atoms. The third-order valence-electron chi connectivity index (χ3n) is 5.07. The van der Waals surface area contributed by atoms with Crippen molar-refractivity contribution in [3.8, 4) is 11.4 Å². The fourth-order valence-electron chi connectivity index (χ4n) is 3.53. The molecule has 162 valence electrons. The lowest BCUT2D eigenvalue weighted by Crippen LogP contribution is -2.23. The molecule has 0 fully saturated rings. The SMILES string of the molecule is COc1ccc(Cl)cc1NC(=O)Nc1ccc(-n2c(C)nc3ccccc3c2=O)cc1C. The van der Waals surface area contributed by atoms with Gasteiger partial charge in [0.1, 0.15) is 11.6 Å². The molecule has 2 N–H and O–H groups in total. The first-order valence-electron chi connectivity index (χ1n) is 9.88. The highest BCUT2D eigenvalue weighted by Crippen LogP contribution is 2.28. The van der Waals surface area contributed by atoms with Crippen LogP contribution >= 0.6 is 11.6 Å². The predicted octanol–water partition coefficient (Wildman–Crippen LogP) is 5.31. The summed E-state index contributed by atoms with van der Waals surface area (Å²) in [5.41, 5.74) is 3.04. The first-order valence-corrected chi connectivity index (χ1v) is 10.3. The largest absolute Gasteiger partial charge is 0.495 e. The zero-order valence-corrected chi connectivity index (χ0v) is 18.5. The maximum atomic E-state index is 13.0. The number of rotatable bonds is 4.